The summed E-state index contributed by atoms with van der Waals surface area (Å²) in [4.78, 5) is 28.2. The fraction of sp³-hybridized carbons (Fsp3) is 0.364. The van der Waals surface area contributed by atoms with E-state index in [0.29, 0.717) is 31.0 Å². The standard InChI is InChI=1S/C22H21N3O3/c1-14-10-18(24-28-14)13-25-9-8-19-15(2)20(26)16(12-23)11-22(19,21(25)27)17-6-4-3-5-7-17/h3-7,10-11,15,19H,8-9,13H2,1-2H3/t15-,19-,22+/m1/s1. The van der Waals surface area contributed by atoms with Gasteiger partial charge < -0.3 is 9.42 Å². The van der Waals surface area contributed by atoms with Gasteiger partial charge in [0.25, 0.3) is 0 Å². The van der Waals surface area contributed by atoms with Gasteiger partial charge in [0.15, 0.2) is 5.78 Å². The predicted molar refractivity (Wildman–Crippen MR) is 101 cm³/mol. The minimum absolute atomic E-state index is 0.0695. The molecule has 142 valence electrons. The fourth-order valence-electron chi connectivity index (χ4n) is 4.65. The lowest BCUT2D eigenvalue weighted by molar-refractivity contribution is -0.145. The molecule has 1 saturated heterocycles. The van der Waals surface area contributed by atoms with Gasteiger partial charge >= 0.3 is 0 Å². The van der Waals surface area contributed by atoms with Crippen LogP contribution in [0.1, 0.15) is 30.4 Å². The first-order valence-corrected chi connectivity index (χ1v) is 9.41. The van der Waals surface area contributed by atoms with Gasteiger partial charge in [-0.15, -0.1) is 0 Å². The van der Waals surface area contributed by atoms with Crippen LogP contribution in [0.5, 0.6) is 0 Å². The van der Waals surface area contributed by atoms with Crippen LogP contribution >= 0.6 is 0 Å². The summed E-state index contributed by atoms with van der Waals surface area (Å²) in [6.07, 6.45) is 2.29. The SMILES string of the molecule is Cc1cc(CN2CC[C@@H]3[C@@H](C)C(=O)C(C#N)=C[C@@]3(c3ccccc3)C2=O)no1. The zero-order chi connectivity index (χ0) is 19.9. The summed E-state index contributed by atoms with van der Waals surface area (Å²) < 4.78 is 5.14. The molecule has 0 saturated carbocycles. The summed E-state index contributed by atoms with van der Waals surface area (Å²) in [7, 11) is 0. The fourth-order valence-corrected chi connectivity index (χ4v) is 4.65. The van der Waals surface area contributed by atoms with Gasteiger partial charge in [0.05, 0.1) is 17.5 Å². The van der Waals surface area contributed by atoms with Crippen molar-refractivity contribution >= 4 is 11.7 Å². The summed E-state index contributed by atoms with van der Waals surface area (Å²) in [5.41, 5.74) is 0.562. The van der Waals surface area contributed by atoms with Crippen LogP contribution in [0.25, 0.3) is 0 Å². The zero-order valence-corrected chi connectivity index (χ0v) is 15.9. The van der Waals surface area contributed by atoms with Gasteiger partial charge in [-0.3, -0.25) is 9.59 Å². The molecule has 2 heterocycles. The van der Waals surface area contributed by atoms with Crippen LogP contribution in [0.2, 0.25) is 0 Å². The summed E-state index contributed by atoms with van der Waals surface area (Å²) in [5, 5.41) is 13.5. The van der Waals surface area contributed by atoms with E-state index in [1.807, 2.05) is 56.3 Å². The molecule has 0 N–H and O–H groups in total. The predicted octanol–water partition coefficient (Wildman–Crippen LogP) is 2.94. The van der Waals surface area contributed by atoms with E-state index in [2.05, 4.69) is 5.16 Å². The van der Waals surface area contributed by atoms with Crippen molar-refractivity contribution in [1.29, 1.82) is 5.26 Å². The second-order valence-electron chi connectivity index (χ2n) is 7.61. The lowest BCUT2D eigenvalue weighted by atomic mass is 9.57. The third-order valence-corrected chi connectivity index (χ3v) is 5.99. The number of aromatic nitrogens is 1. The van der Waals surface area contributed by atoms with E-state index in [1.165, 1.54) is 0 Å². The molecule has 1 aromatic carbocycles. The van der Waals surface area contributed by atoms with Crippen LogP contribution in [0, 0.1) is 30.1 Å². The van der Waals surface area contributed by atoms with Crippen LogP contribution in [0.3, 0.4) is 0 Å². The van der Waals surface area contributed by atoms with Crippen LogP contribution in [-0.2, 0) is 21.5 Å². The molecule has 0 radical (unpaired) electrons. The Bertz CT molecular complexity index is 1000. The number of rotatable bonds is 3. The Balaban J connectivity index is 1.84. The molecule has 3 atom stereocenters. The van der Waals surface area contributed by atoms with E-state index in [-0.39, 0.29) is 29.1 Å². The van der Waals surface area contributed by atoms with Gasteiger partial charge in [0.1, 0.15) is 17.5 Å². The Kier molecular flexibility index (Phi) is 4.38. The summed E-state index contributed by atoms with van der Waals surface area (Å²) in [6, 6.07) is 13.3. The number of piperidine rings is 1. The van der Waals surface area contributed by atoms with Gasteiger partial charge in [-0.2, -0.15) is 5.26 Å². The maximum Gasteiger partial charge on any atom is 0.237 e. The molecule has 4 rings (SSSR count). The first-order chi connectivity index (χ1) is 13.5. The number of carbonyl (C=O) groups is 2. The highest BCUT2D eigenvalue weighted by Crippen LogP contribution is 2.49. The molecular formula is C22H21N3O3. The van der Waals surface area contributed by atoms with Gasteiger partial charge in [-0.25, -0.2) is 0 Å². The third-order valence-electron chi connectivity index (χ3n) is 5.99. The Morgan fingerprint density at radius 3 is 2.71 bits per heavy atom. The van der Waals surface area contributed by atoms with E-state index in [9.17, 15) is 14.9 Å². The molecule has 1 aromatic heterocycles. The Morgan fingerprint density at radius 1 is 1.32 bits per heavy atom. The Hall–Kier alpha value is -3.20. The molecule has 1 aliphatic carbocycles. The maximum atomic E-state index is 13.8. The summed E-state index contributed by atoms with van der Waals surface area (Å²) >= 11 is 0. The molecule has 1 aliphatic heterocycles. The third kappa shape index (κ3) is 2.66. The summed E-state index contributed by atoms with van der Waals surface area (Å²) in [6.45, 7) is 4.53. The number of nitriles is 1. The smallest absolute Gasteiger partial charge is 0.237 e. The highest BCUT2D eigenvalue weighted by atomic mass is 16.5. The largest absolute Gasteiger partial charge is 0.361 e. The minimum atomic E-state index is -1.02. The normalized spacial score (nSPS) is 27.2. The second kappa shape index (κ2) is 6.75. The number of benzene rings is 1. The molecule has 28 heavy (non-hydrogen) atoms. The molecule has 0 unspecified atom stereocenters. The van der Waals surface area contributed by atoms with Gasteiger partial charge in [0.2, 0.25) is 5.91 Å². The molecule has 0 spiro atoms. The summed E-state index contributed by atoms with van der Waals surface area (Å²) in [5.74, 6) is -0.142. The van der Waals surface area contributed by atoms with Crippen molar-refractivity contribution in [2.75, 3.05) is 6.54 Å². The number of amides is 1. The number of fused-ring (bicyclic) bond motifs is 1. The lowest BCUT2D eigenvalue weighted by Crippen LogP contribution is -2.59. The van der Waals surface area contributed by atoms with Crippen LogP contribution in [0.15, 0.2) is 52.6 Å². The van der Waals surface area contributed by atoms with Crippen LogP contribution < -0.4 is 0 Å². The topological polar surface area (TPSA) is 87.2 Å². The van der Waals surface area contributed by atoms with Crippen LogP contribution in [-0.4, -0.2) is 28.3 Å². The van der Waals surface area contributed by atoms with Crippen molar-refractivity contribution < 1.29 is 14.1 Å². The van der Waals surface area contributed by atoms with Crippen molar-refractivity contribution in [3.63, 3.8) is 0 Å². The lowest BCUT2D eigenvalue weighted by Gasteiger charge is -2.49. The number of allylic oxidation sites excluding steroid dienone is 1. The molecule has 1 amide bonds. The average molecular weight is 375 g/mol. The number of likely N-dealkylation sites (tertiary alicyclic amines) is 1. The van der Waals surface area contributed by atoms with E-state index >= 15 is 0 Å². The highest BCUT2D eigenvalue weighted by Gasteiger charge is 2.56. The number of nitrogens with zero attached hydrogens (tertiary/aromatic N) is 3. The molecule has 2 aliphatic rings. The van der Waals surface area contributed by atoms with Gasteiger partial charge in [-0.1, -0.05) is 42.4 Å². The van der Waals surface area contributed by atoms with Crippen molar-refractivity contribution in [1.82, 2.24) is 10.1 Å². The molecule has 1 fully saturated rings. The van der Waals surface area contributed by atoms with E-state index in [1.54, 1.807) is 11.0 Å². The van der Waals surface area contributed by atoms with Crippen molar-refractivity contribution in [2.24, 2.45) is 11.8 Å². The minimum Gasteiger partial charge on any atom is -0.361 e. The van der Waals surface area contributed by atoms with Gasteiger partial charge in [0, 0.05) is 18.5 Å². The number of hydrogen-bond donors (Lipinski definition) is 0. The van der Waals surface area contributed by atoms with E-state index in [0.717, 1.165) is 5.56 Å². The Morgan fingerprint density at radius 2 is 2.07 bits per heavy atom. The highest BCUT2D eigenvalue weighted by molar-refractivity contribution is 6.06. The number of hydrogen-bond acceptors (Lipinski definition) is 5. The second-order valence-corrected chi connectivity index (χ2v) is 7.61. The molecule has 6 nitrogen and oxygen atoms in total. The molecular weight excluding hydrogens is 354 g/mol. The van der Waals surface area contributed by atoms with Gasteiger partial charge in [-0.05, 0) is 30.9 Å². The number of ketones is 1. The number of Topliss-reactive ketones (excluding diaryl/α,β-unsaturated/α-hetero) is 1. The molecule has 2 aromatic rings. The number of aryl methyl sites for hydroxylation is 1. The molecule has 6 heteroatoms. The van der Waals surface area contributed by atoms with Crippen LogP contribution in [0.4, 0.5) is 0 Å². The first kappa shape index (κ1) is 18.2. The Labute approximate surface area is 163 Å². The first-order valence-electron chi connectivity index (χ1n) is 9.41. The molecule has 0 bridgehead atoms. The van der Waals surface area contributed by atoms with E-state index in [4.69, 9.17) is 4.52 Å². The quantitative estimate of drug-likeness (QED) is 0.823. The van der Waals surface area contributed by atoms with E-state index < -0.39 is 5.41 Å². The van der Waals surface area contributed by atoms with Crippen molar-refractivity contribution in [2.45, 2.75) is 32.2 Å². The number of carbonyl (C=O) groups excluding carboxylic acids is 2. The van der Waals surface area contributed by atoms with Crippen molar-refractivity contribution in [3.8, 4) is 6.07 Å². The monoisotopic (exact) mass is 375 g/mol. The van der Waals surface area contributed by atoms with Crippen molar-refractivity contribution in [3.05, 3.63) is 65.1 Å². The average Bonchev–Trinajstić information content (AvgIpc) is 3.12. The maximum absolute atomic E-state index is 13.8. The zero-order valence-electron chi connectivity index (χ0n) is 15.9.